The van der Waals surface area contributed by atoms with E-state index in [1.54, 1.807) is 0 Å². The summed E-state index contributed by atoms with van der Waals surface area (Å²) in [6.45, 7) is 4.48. The minimum absolute atomic E-state index is 0.709. The van der Waals surface area contributed by atoms with Crippen LogP contribution >= 0.6 is 21.6 Å². The molecule has 0 amide bonds. The molecule has 1 aromatic carbocycles. The fourth-order valence-corrected chi connectivity index (χ4v) is 2.79. The third-order valence-corrected chi connectivity index (χ3v) is 4.28. The fraction of sp³-hybridized carbons (Fsp3) is 0.385. The highest BCUT2D eigenvalue weighted by atomic mass is 33.1. The van der Waals surface area contributed by atoms with E-state index in [9.17, 15) is 0 Å². The lowest BCUT2D eigenvalue weighted by atomic mass is 9.99. The number of rotatable bonds is 2. The van der Waals surface area contributed by atoms with Crippen molar-refractivity contribution in [3.63, 3.8) is 0 Å². The average Bonchev–Trinajstić information content (AvgIpc) is 2.88. The quantitative estimate of drug-likeness (QED) is 0.658. The summed E-state index contributed by atoms with van der Waals surface area (Å²) in [7, 11) is 3.69. The van der Waals surface area contributed by atoms with Crippen LogP contribution in [-0.2, 0) is 0 Å². The average molecular weight is 238 g/mol. The van der Waals surface area contributed by atoms with Gasteiger partial charge >= 0.3 is 0 Å². The Bertz CT molecular complexity index is 274. The highest BCUT2D eigenvalue weighted by molar-refractivity contribution is 8.78. The maximum Gasteiger partial charge on any atom is 0.0229 e. The van der Waals surface area contributed by atoms with E-state index in [1.807, 2.05) is 21.6 Å². The fourth-order valence-electron chi connectivity index (χ4n) is 1.21. The number of hydrogen-bond donors (Lipinski definition) is 0. The molecule has 0 N–H and O–H groups in total. The first-order chi connectivity index (χ1) is 7.34. The Morgan fingerprint density at radius 2 is 2.00 bits per heavy atom. The van der Waals surface area contributed by atoms with Crippen molar-refractivity contribution < 1.29 is 0 Å². The van der Waals surface area contributed by atoms with Gasteiger partial charge in [0.15, 0.2) is 0 Å². The molecule has 1 aliphatic heterocycles. The van der Waals surface area contributed by atoms with Crippen LogP contribution in [0.4, 0.5) is 0 Å². The van der Waals surface area contributed by atoms with E-state index in [-0.39, 0.29) is 0 Å². The molecule has 0 nitrogen and oxygen atoms in total. The van der Waals surface area contributed by atoms with Crippen molar-refractivity contribution in [3.05, 3.63) is 47.4 Å². The first-order valence-corrected chi connectivity index (χ1v) is 7.71. The molecule has 0 aliphatic carbocycles. The van der Waals surface area contributed by atoms with Crippen LogP contribution in [0.5, 0.6) is 0 Å². The molecule has 0 saturated carbocycles. The maximum atomic E-state index is 2.26. The van der Waals surface area contributed by atoms with Crippen LogP contribution in [0.1, 0.15) is 31.7 Å². The summed E-state index contributed by atoms with van der Waals surface area (Å²) in [5.74, 6) is 1.91. The molecule has 2 heteroatoms. The molecule has 2 rings (SSSR count). The monoisotopic (exact) mass is 238 g/mol. The summed E-state index contributed by atoms with van der Waals surface area (Å²) in [4.78, 5) is 0. The lowest BCUT2D eigenvalue weighted by Gasteiger charge is -2.06. The lowest BCUT2D eigenvalue weighted by molar-refractivity contribution is 0.733. The standard InChI is InChI=1S/C10H14.C3H4S2/c1-3-9(2)10-7-5-4-6-8-10;1-2-4-5-3-1/h4-9H,3H2,1-2H3;1-2H,3H2. The molecular formula is C13H18S2. The van der Waals surface area contributed by atoms with Gasteiger partial charge < -0.3 is 0 Å². The van der Waals surface area contributed by atoms with Crippen molar-refractivity contribution in [3.8, 4) is 0 Å². The summed E-state index contributed by atoms with van der Waals surface area (Å²) >= 11 is 0. The SMILES string of the molecule is C1=CSSC1.CCC(C)c1ccccc1. The molecule has 0 saturated heterocycles. The normalized spacial score (nSPS) is 15.6. The smallest absolute Gasteiger partial charge is 0.0229 e. The molecule has 1 atom stereocenters. The minimum atomic E-state index is 0.709. The third kappa shape index (κ3) is 5.33. The zero-order valence-corrected chi connectivity index (χ0v) is 11.0. The molecule has 15 heavy (non-hydrogen) atoms. The summed E-state index contributed by atoms with van der Waals surface area (Å²) in [5, 5.41) is 2.12. The minimum Gasteiger partial charge on any atom is -0.0854 e. The zero-order chi connectivity index (χ0) is 10.9. The second kappa shape index (κ2) is 7.89. The topological polar surface area (TPSA) is 0 Å². The van der Waals surface area contributed by atoms with E-state index in [0.29, 0.717) is 5.92 Å². The van der Waals surface area contributed by atoms with E-state index in [0.717, 1.165) is 0 Å². The van der Waals surface area contributed by atoms with E-state index in [1.165, 1.54) is 17.7 Å². The largest absolute Gasteiger partial charge is 0.0854 e. The molecule has 0 spiro atoms. The second-order valence-electron chi connectivity index (χ2n) is 3.47. The summed E-state index contributed by atoms with van der Waals surface area (Å²) in [6.07, 6.45) is 3.39. The van der Waals surface area contributed by atoms with Gasteiger partial charge in [0.05, 0.1) is 0 Å². The predicted octanol–water partition coefficient (Wildman–Crippen LogP) is 5.10. The Labute approximate surface area is 101 Å². The van der Waals surface area contributed by atoms with Crippen molar-refractivity contribution >= 4 is 21.6 Å². The maximum absolute atomic E-state index is 2.26. The van der Waals surface area contributed by atoms with Crippen LogP contribution < -0.4 is 0 Å². The van der Waals surface area contributed by atoms with Gasteiger partial charge in [0.25, 0.3) is 0 Å². The molecule has 0 fully saturated rings. The van der Waals surface area contributed by atoms with E-state index < -0.39 is 0 Å². The van der Waals surface area contributed by atoms with Crippen LogP contribution in [0.3, 0.4) is 0 Å². The van der Waals surface area contributed by atoms with Gasteiger partial charge in [-0.3, -0.25) is 0 Å². The van der Waals surface area contributed by atoms with Crippen molar-refractivity contribution in [2.75, 3.05) is 5.75 Å². The first-order valence-electron chi connectivity index (χ1n) is 5.32. The summed E-state index contributed by atoms with van der Waals surface area (Å²) in [5.41, 5.74) is 1.45. The Morgan fingerprint density at radius 1 is 1.27 bits per heavy atom. The van der Waals surface area contributed by atoms with Crippen LogP contribution in [-0.4, -0.2) is 5.75 Å². The number of hydrogen-bond acceptors (Lipinski definition) is 2. The van der Waals surface area contributed by atoms with Crippen molar-refractivity contribution in [1.29, 1.82) is 0 Å². The molecular weight excluding hydrogens is 220 g/mol. The predicted molar refractivity (Wildman–Crippen MR) is 74.3 cm³/mol. The number of benzene rings is 1. The van der Waals surface area contributed by atoms with Gasteiger partial charge in [0.2, 0.25) is 0 Å². The Kier molecular flexibility index (Phi) is 6.69. The van der Waals surface area contributed by atoms with Crippen molar-refractivity contribution in [2.24, 2.45) is 0 Å². The van der Waals surface area contributed by atoms with Crippen LogP contribution in [0, 0.1) is 0 Å². The summed E-state index contributed by atoms with van der Waals surface area (Å²) in [6, 6.07) is 10.6. The lowest BCUT2D eigenvalue weighted by Crippen LogP contribution is -1.88. The molecule has 0 radical (unpaired) electrons. The van der Waals surface area contributed by atoms with Crippen LogP contribution in [0.15, 0.2) is 41.8 Å². The highest BCUT2D eigenvalue weighted by Crippen LogP contribution is 2.27. The molecule has 1 aromatic rings. The Morgan fingerprint density at radius 3 is 2.40 bits per heavy atom. The Balaban J connectivity index is 0.000000187. The van der Waals surface area contributed by atoms with Crippen molar-refractivity contribution in [1.82, 2.24) is 0 Å². The molecule has 1 heterocycles. The van der Waals surface area contributed by atoms with Gasteiger partial charge in [-0.15, -0.1) is 0 Å². The van der Waals surface area contributed by atoms with Crippen molar-refractivity contribution in [2.45, 2.75) is 26.2 Å². The van der Waals surface area contributed by atoms with Gasteiger partial charge in [-0.1, -0.05) is 71.8 Å². The zero-order valence-electron chi connectivity index (χ0n) is 9.35. The van der Waals surface area contributed by atoms with E-state index in [2.05, 4.69) is 55.7 Å². The van der Waals surface area contributed by atoms with E-state index >= 15 is 0 Å². The van der Waals surface area contributed by atoms with Gasteiger partial charge in [0, 0.05) is 5.75 Å². The molecule has 1 unspecified atom stereocenters. The molecule has 0 bridgehead atoms. The van der Waals surface area contributed by atoms with E-state index in [4.69, 9.17) is 0 Å². The molecule has 82 valence electrons. The second-order valence-corrected chi connectivity index (χ2v) is 5.79. The van der Waals surface area contributed by atoms with Gasteiger partial charge in [-0.25, -0.2) is 0 Å². The van der Waals surface area contributed by atoms with Crippen LogP contribution in [0.2, 0.25) is 0 Å². The Hall–Kier alpha value is -0.340. The van der Waals surface area contributed by atoms with Gasteiger partial charge in [-0.2, -0.15) is 0 Å². The summed E-state index contributed by atoms with van der Waals surface area (Å²) < 4.78 is 0. The first kappa shape index (κ1) is 12.7. The van der Waals surface area contributed by atoms with Gasteiger partial charge in [-0.05, 0) is 23.3 Å². The third-order valence-electron chi connectivity index (χ3n) is 2.37. The van der Waals surface area contributed by atoms with Crippen LogP contribution in [0.25, 0.3) is 0 Å². The highest BCUT2D eigenvalue weighted by Gasteiger charge is 1.98. The van der Waals surface area contributed by atoms with Gasteiger partial charge in [0.1, 0.15) is 0 Å². The molecule has 0 aromatic heterocycles. The molecule has 1 aliphatic rings.